The predicted octanol–water partition coefficient (Wildman–Crippen LogP) is 3.77. The summed E-state index contributed by atoms with van der Waals surface area (Å²) < 4.78 is 1.89. The van der Waals surface area contributed by atoms with Crippen LogP contribution in [0.1, 0.15) is 38.2 Å². The highest BCUT2D eigenvalue weighted by molar-refractivity contribution is 5.94. The van der Waals surface area contributed by atoms with Gasteiger partial charge in [0.1, 0.15) is 5.82 Å². The van der Waals surface area contributed by atoms with Crippen molar-refractivity contribution in [2.24, 2.45) is 0 Å². The molecule has 34 heavy (non-hydrogen) atoms. The number of pyridine rings is 2. The molecule has 4 aromatic heterocycles. The second-order valence-corrected chi connectivity index (χ2v) is 8.82. The number of hydrogen-bond donors (Lipinski definition) is 2. The number of anilines is 3. The number of nitrogens with one attached hydrogen (secondary N) is 2. The molecule has 5 heterocycles. The Morgan fingerprint density at radius 2 is 2.00 bits per heavy atom. The van der Waals surface area contributed by atoms with Crippen molar-refractivity contribution in [3.05, 3.63) is 60.7 Å². The molecule has 1 saturated heterocycles. The second kappa shape index (κ2) is 9.18. The third-order valence-electron chi connectivity index (χ3n) is 6.26. The molecule has 9 nitrogen and oxygen atoms in total. The molecule has 0 aliphatic carbocycles. The van der Waals surface area contributed by atoms with Crippen LogP contribution in [0, 0.1) is 0 Å². The van der Waals surface area contributed by atoms with Crippen molar-refractivity contribution < 1.29 is 4.79 Å². The van der Waals surface area contributed by atoms with Crippen molar-refractivity contribution in [1.82, 2.24) is 29.9 Å². The van der Waals surface area contributed by atoms with E-state index in [1.165, 1.54) is 5.56 Å². The molecule has 0 spiro atoms. The highest BCUT2D eigenvalue weighted by Crippen LogP contribution is 2.26. The van der Waals surface area contributed by atoms with E-state index in [1.807, 2.05) is 48.2 Å². The van der Waals surface area contributed by atoms with Gasteiger partial charge in [0.05, 0.1) is 29.3 Å². The molecule has 1 fully saturated rings. The lowest BCUT2D eigenvalue weighted by Gasteiger charge is -2.31. The van der Waals surface area contributed by atoms with Gasteiger partial charge < -0.3 is 15.5 Å². The minimum atomic E-state index is 0.111. The van der Waals surface area contributed by atoms with Crippen LogP contribution >= 0.6 is 0 Å². The Morgan fingerprint density at radius 1 is 1.12 bits per heavy atom. The quantitative estimate of drug-likeness (QED) is 0.455. The molecule has 0 bridgehead atoms. The van der Waals surface area contributed by atoms with Crippen LogP contribution in [0.5, 0.6) is 0 Å². The summed E-state index contributed by atoms with van der Waals surface area (Å²) in [7, 11) is 1.89. The lowest BCUT2D eigenvalue weighted by molar-refractivity contribution is -0.120. The molecule has 0 aromatic carbocycles. The Kier molecular flexibility index (Phi) is 5.93. The van der Waals surface area contributed by atoms with Crippen molar-refractivity contribution in [3.63, 3.8) is 0 Å². The zero-order valence-electron chi connectivity index (χ0n) is 19.6. The van der Waals surface area contributed by atoms with Gasteiger partial charge in [-0.3, -0.25) is 4.79 Å². The molecule has 1 aliphatic rings. The van der Waals surface area contributed by atoms with Gasteiger partial charge in [0.25, 0.3) is 0 Å². The van der Waals surface area contributed by atoms with E-state index in [2.05, 4.69) is 50.6 Å². The van der Waals surface area contributed by atoms with E-state index in [-0.39, 0.29) is 11.9 Å². The van der Waals surface area contributed by atoms with E-state index in [0.29, 0.717) is 30.6 Å². The third kappa shape index (κ3) is 4.34. The lowest BCUT2D eigenvalue weighted by Crippen LogP contribution is -2.45. The molecule has 1 aliphatic heterocycles. The average Bonchev–Trinajstić information content (AvgIpc) is 3.28. The van der Waals surface area contributed by atoms with E-state index >= 15 is 0 Å². The molecule has 9 heteroatoms. The predicted molar refractivity (Wildman–Crippen MR) is 132 cm³/mol. The van der Waals surface area contributed by atoms with Crippen LogP contribution < -0.4 is 15.5 Å². The van der Waals surface area contributed by atoms with Gasteiger partial charge in [0.15, 0.2) is 0 Å². The topological polar surface area (TPSA) is 100 Å². The average molecular weight is 457 g/mol. The summed E-state index contributed by atoms with van der Waals surface area (Å²) in [5.41, 5.74) is 4.88. The van der Waals surface area contributed by atoms with Crippen molar-refractivity contribution >= 4 is 28.9 Å². The van der Waals surface area contributed by atoms with Gasteiger partial charge in [-0.05, 0) is 49.7 Å². The number of nitrogens with zero attached hydrogens (tertiary/aromatic N) is 6. The van der Waals surface area contributed by atoms with Crippen LogP contribution in [0.4, 0.5) is 17.5 Å². The van der Waals surface area contributed by atoms with Crippen LogP contribution in [-0.4, -0.2) is 50.1 Å². The Hall–Kier alpha value is -3.85. The molecule has 0 unspecified atom stereocenters. The highest BCUT2D eigenvalue weighted by atomic mass is 16.2. The van der Waals surface area contributed by atoms with Gasteiger partial charge in [0, 0.05) is 42.5 Å². The standard InChI is InChI=1S/C25H28N8O/c1-16(2)20-15-29-33-11-7-17(12-22(20)33)21-6-9-27-25(30-21)31-23-5-4-19(14-28-23)32-10-8-18(26-3)13-24(32)34/h4-7,9,11-12,14-16,18,26H,8,10,13H2,1-3H3,(H,27,28,30,31)/t18-/m0/s1. The molecule has 174 valence electrons. The van der Waals surface area contributed by atoms with Crippen molar-refractivity contribution in [2.75, 3.05) is 23.8 Å². The maximum absolute atomic E-state index is 12.5. The molecular weight excluding hydrogens is 428 g/mol. The summed E-state index contributed by atoms with van der Waals surface area (Å²) in [5.74, 6) is 1.57. The summed E-state index contributed by atoms with van der Waals surface area (Å²) in [4.78, 5) is 27.8. The van der Waals surface area contributed by atoms with E-state index < -0.39 is 0 Å². The number of carbonyl (C=O) groups excluding carboxylic acids is 1. The van der Waals surface area contributed by atoms with E-state index in [1.54, 1.807) is 17.3 Å². The van der Waals surface area contributed by atoms with Crippen LogP contribution in [0.15, 0.2) is 55.1 Å². The van der Waals surface area contributed by atoms with Crippen LogP contribution in [-0.2, 0) is 4.79 Å². The molecule has 4 aromatic rings. The Bertz CT molecular complexity index is 1310. The molecule has 2 N–H and O–H groups in total. The maximum atomic E-state index is 12.5. The lowest BCUT2D eigenvalue weighted by atomic mass is 10.0. The van der Waals surface area contributed by atoms with E-state index in [4.69, 9.17) is 0 Å². The van der Waals surface area contributed by atoms with Gasteiger partial charge in [-0.1, -0.05) is 13.8 Å². The van der Waals surface area contributed by atoms with Gasteiger partial charge in [-0.2, -0.15) is 5.10 Å². The first-order chi connectivity index (χ1) is 16.5. The number of fused-ring (bicyclic) bond motifs is 1. The Morgan fingerprint density at radius 3 is 2.74 bits per heavy atom. The fourth-order valence-electron chi connectivity index (χ4n) is 4.27. The number of amides is 1. The van der Waals surface area contributed by atoms with Crippen LogP contribution in [0.2, 0.25) is 0 Å². The smallest absolute Gasteiger partial charge is 0.228 e. The summed E-state index contributed by atoms with van der Waals surface area (Å²) in [5, 5.41) is 10.8. The normalized spacial score (nSPS) is 16.4. The SMILES string of the molecule is CN[C@H]1CCN(c2ccc(Nc3nccc(-c4ccn5ncc(C(C)C)c5c4)n3)nc2)C(=O)C1. The van der Waals surface area contributed by atoms with Gasteiger partial charge in [-0.15, -0.1) is 0 Å². The van der Waals surface area contributed by atoms with Gasteiger partial charge >= 0.3 is 0 Å². The molecule has 5 rings (SSSR count). The molecule has 0 radical (unpaired) electrons. The van der Waals surface area contributed by atoms with Gasteiger partial charge in [0.2, 0.25) is 11.9 Å². The number of carbonyl (C=O) groups is 1. The Labute approximate surface area is 198 Å². The second-order valence-electron chi connectivity index (χ2n) is 8.82. The first-order valence-corrected chi connectivity index (χ1v) is 11.5. The fourth-order valence-corrected chi connectivity index (χ4v) is 4.27. The zero-order valence-corrected chi connectivity index (χ0v) is 19.6. The first-order valence-electron chi connectivity index (χ1n) is 11.5. The number of rotatable bonds is 6. The zero-order chi connectivity index (χ0) is 23.7. The Balaban J connectivity index is 1.33. The summed E-state index contributed by atoms with van der Waals surface area (Å²) in [6.07, 6.45) is 8.74. The highest BCUT2D eigenvalue weighted by Gasteiger charge is 2.25. The number of piperidine rings is 1. The minimum Gasteiger partial charge on any atom is -0.316 e. The summed E-state index contributed by atoms with van der Waals surface area (Å²) in [6, 6.07) is 9.98. The molecule has 0 saturated carbocycles. The first kappa shape index (κ1) is 22.0. The van der Waals surface area contributed by atoms with Gasteiger partial charge in [-0.25, -0.2) is 19.5 Å². The third-order valence-corrected chi connectivity index (χ3v) is 6.26. The monoisotopic (exact) mass is 456 g/mol. The minimum absolute atomic E-state index is 0.111. The summed E-state index contributed by atoms with van der Waals surface area (Å²) in [6.45, 7) is 5.01. The largest absolute Gasteiger partial charge is 0.316 e. The molecule has 1 amide bonds. The van der Waals surface area contributed by atoms with E-state index in [9.17, 15) is 4.79 Å². The number of hydrogen-bond acceptors (Lipinski definition) is 7. The molecule has 1 atom stereocenters. The fraction of sp³-hybridized carbons (Fsp3) is 0.320. The molecular formula is C25H28N8O. The van der Waals surface area contributed by atoms with Crippen LogP contribution in [0.3, 0.4) is 0 Å². The summed E-state index contributed by atoms with van der Waals surface area (Å²) >= 11 is 0. The maximum Gasteiger partial charge on any atom is 0.228 e. The van der Waals surface area contributed by atoms with Crippen LogP contribution in [0.25, 0.3) is 16.8 Å². The van der Waals surface area contributed by atoms with Crippen molar-refractivity contribution in [2.45, 2.75) is 38.6 Å². The van der Waals surface area contributed by atoms with E-state index in [0.717, 1.165) is 28.9 Å². The van der Waals surface area contributed by atoms with Crippen molar-refractivity contribution in [1.29, 1.82) is 0 Å². The van der Waals surface area contributed by atoms with Crippen molar-refractivity contribution in [3.8, 4) is 11.3 Å². The number of aromatic nitrogens is 5.